The maximum absolute atomic E-state index is 5.83. The molecule has 78 valence electrons. The van der Waals surface area contributed by atoms with Crippen LogP contribution in [0.2, 0.25) is 5.02 Å². The highest BCUT2D eigenvalue weighted by molar-refractivity contribution is 6.30. The first-order valence-corrected chi connectivity index (χ1v) is 5.43. The van der Waals surface area contributed by atoms with E-state index in [9.17, 15) is 0 Å². The zero-order valence-electron chi connectivity index (χ0n) is 8.97. The van der Waals surface area contributed by atoms with E-state index >= 15 is 0 Å². The number of hydrogen-bond acceptors (Lipinski definition) is 2. The molecule has 0 unspecified atom stereocenters. The molecule has 3 heteroatoms. The lowest BCUT2D eigenvalue weighted by atomic mass is 10.1. The Balaban J connectivity index is 2.76. The van der Waals surface area contributed by atoms with Crippen molar-refractivity contribution in [3.8, 4) is 0 Å². The van der Waals surface area contributed by atoms with Crippen LogP contribution in [0.1, 0.15) is 32.3 Å². The minimum Gasteiger partial charge on any atom is -0.367 e. The number of nitrogens with zero attached hydrogens (tertiary/aromatic N) is 1. The van der Waals surface area contributed by atoms with Gasteiger partial charge < -0.3 is 5.32 Å². The molecule has 1 heterocycles. The van der Waals surface area contributed by atoms with Gasteiger partial charge in [0.25, 0.3) is 0 Å². The lowest BCUT2D eigenvalue weighted by Gasteiger charge is -2.16. The van der Waals surface area contributed by atoms with Gasteiger partial charge in [-0.2, -0.15) is 0 Å². The molecule has 0 saturated carbocycles. The minimum atomic E-state index is 0.502. The molecule has 0 spiro atoms. The van der Waals surface area contributed by atoms with E-state index in [1.807, 2.05) is 13.0 Å². The summed E-state index contributed by atoms with van der Waals surface area (Å²) in [5, 5.41) is 4.10. The molecule has 0 aromatic carbocycles. The van der Waals surface area contributed by atoms with Crippen molar-refractivity contribution >= 4 is 17.4 Å². The van der Waals surface area contributed by atoms with Gasteiger partial charge in [0.05, 0.1) is 5.02 Å². The van der Waals surface area contributed by atoms with Gasteiger partial charge in [0.2, 0.25) is 0 Å². The smallest absolute Gasteiger partial charge is 0.129 e. The zero-order valence-corrected chi connectivity index (χ0v) is 9.73. The molecule has 1 aromatic heterocycles. The Morgan fingerprint density at radius 2 is 2.07 bits per heavy atom. The van der Waals surface area contributed by atoms with Crippen molar-refractivity contribution in [2.45, 2.75) is 39.7 Å². The largest absolute Gasteiger partial charge is 0.367 e. The Labute approximate surface area is 90.7 Å². The summed E-state index contributed by atoms with van der Waals surface area (Å²) in [6, 6.07) is 2.43. The van der Waals surface area contributed by atoms with Crippen LogP contribution in [0.3, 0.4) is 0 Å². The fourth-order valence-corrected chi connectivity index (χ4v) is 1.59. The summed E-state index contributed by atoms with van der Waals surface area (Å²) in [4.78, 5) is 4.27. The SMILES string of the molecule is CCC(CC)Nc1ncc(Cl)cc1C. The minimum absolute atomic E-state index is 0.502. The quantitative estimate of drug-likeness (QED) is 0.824. The summed E-state index contributed by atoms with van der Waals surface area (Å²) in [5.74, 6) is 0.947. The van der Waals surface area contributed by atoms with Crippen LogP contribution in [0.5, 0.6) is 0 Å². The van der Waals surface area contributed by atoms with Crippen molar-refractivity contribution in [2.75, 3.05) is 5.32 Å². The number of halogens is 1. The van der Waals surface area contributed by atoms with E-state index in [0.717, 1.165) is 24.2 Å². The molecule has 0 amide bonds. The molecule has 0 atom stereocenters. The zero-order chi connectivity index (χ0) is 10.6. The average Bonchev–Trinajstić information content (AvgIpc) is 2.17. The van der Waals surface area contributed by atoms with Gasteiger partial charge in [0.15, 0.2) is 0 Å². The van der Waals surface area contributed by atoms with Gasteiger partial charge in [0, 0.05) is 12.2 Å². The first kappa shape index (κ1) is 11.3. The maximum Gasteiger partial charge on any atom is 0.129 e. The van der Waals surface area contributed by atoms with E-state index in [0.29, 0.717) is 11.1 Å². The summed E-state index contributed by atoms with van der Waals surface area (Å²) in [5.41, 5.74) is 1.10. The van der Waals surface area contributed by atoms with Crippen molar-refractivity contribution in [3.05, 3.63) is 22.8 Å². The highest BCUT2D eigenvalue weighted by Crippen LogP contribution is 2.18. The van der Waals surface area contributed by atoms with Crippen LogP contribution >= 0.6 is 11.6 Å². The van der Waals surface area contributed by atoms with E-state index in [1.54, 1.807) is 6.20 Å². The van der Waals surface area contributed by atoms with E-state index in [-0.39, 0.29) is 0 Å². The van der Waals surface area contributed by atoms with Crippen LogP contribution in [0, 0.1) is 6.92 Å². The van der Waals surface area contributed by atoms with E-state index < -0.39 is 0 Å². The number of hydrogen-bond donors (Lipinski definition) is 1. The van der Waals surface area contributed by atoms with Gasteiger partial charge in [-0.3, -0.25) is 0 Å². The first-order valence-electron chi connectivity index (χ1n) is 5.06. The number of anilines is 1. The Bertz CT molecular complexity index is 295. The number of aryl methyl sites for hydroxylation is 1. The number of nitrogens with one attached hydrogen (secondary N) is 1. The van der Waals surface area contributed by atoms with Crippen molar-refractivity contribution in [2.24, 2.45) is 0 Å². The third-order valence-electron chi connectivity index (χ3n) is 2.37. The maximum atomic E-state index is 5.83. The predicted molar refractivity (Wildman–Crippen MR) is 62.0 cm³/mol. The topological polar surface area (TPSA) is 24.9 Å². The molecular weight excluding hydrogens is 196 g/mol. The number of rotatable bonds is 4. The highest BCUT2D eigenvalue weighted by atomic mass is 35.5. The Morgan fingerprint density at radius 3 is 2.57 bits per heavy atom. The highest BCUT2D eigenvalue weighted by Gasteiger charge is 2.06. The molecule has 1 rings (SSSR count). The van der Waals surface area contributed by atoms with Crippen LogP contribution < -0.4 is 5.32 Å². The third-order valence-corrected chi connectivity index (χ3v) is 2.58. The first-order chi connectivity index (χ1) is 6.67. The predicted octanol–water partition coefficient (Wildman–Crippen LogP) is 3.64. The average molecular weight is 213 g/mol. The van der Waals surface area contributed by atoms with E-state index in [1.165, 1.54) is 0 Å². The molecule has 0 bridgehead atoms. The molecule has 0 aliphatic carbocycles. The monoisotopic (exact) mass is 212 g/mol. The molecule has 2 nitrogen and oxygen atoms in total. The van der Waals surface area contributed by atoms with Crippen LogP contribution in [-0.2, 0) is 0 Å². The molecule has 0 fully saturated rings. The van der Waals surface area contributed by atoms with Crippen molar-refractivity contribution in [3.63, 3.8) is 0 Å². The molecule has 0 aliphatic rings. The van der Waals surface area contributed by atoms with E-state index in [4.69, 9.17) is 11.6 Å². The van der Waals surface area contributed by atoms with Gasteiger partial charge in [0.1, 0.15) is 5.82 Å². The van der Waals surface area contributed by atoms with E-state index in [2.05, 4.69) is 24.1 Å². The molecule has 0 radical (unpaired) electrons. The molecule has 14 heavy (non-hydrogen) atoms. The Kier molecular flexibility index (Phi) is 4.21. The van der Waals surface area contributed by atoms with Gasteiger partial charge in [-0.15, -0.1) is 0 Å². The molecule has 1 aromatic rings. The molecule has 0 saturated heterocycles. The second-order valence-corrected chi connectivity index (χ2v) is 3.91. The fourth-order valence-electron chi connectivity index (χ4n) is 1.38. The third kappa shape index (κ3) is 2.88. The van der Waals surface area contributed by atoms with Gasteiger partial charge in [-0.25, -0.2) is 4.98 Å². The van der Waals surface area contributed by atoms with Crippen molar-refractivity contribution in [1.82, 2.24) is 4.98 Å². The summed E-state index contributed by atoms with van der Waals surface area (Å²) < 4.78 is 0. The molecule has 0 aliphatic heterocycles. The summed E-state index contributed by atoms with van der Waals surface area (Å²) in [6.45, 7) is 6.36. The van der Waals surface area contributed by atoms with Crippen LogP contribution in [0.4, 0.5) is 5.82 Å². The van der Waals surface area contributed by atoms with Crippen LogP contribution in [-0.4, -0.2) is 11.0 Å². The summed E-state index contributed by atoms with van der Waals surface area (Å²) >= 11 is 5.83. The van der Waals surface area contributed by atoms with Crippen molar-refractivity contribution in [1.29, 1.82) is 0 Å². The molecular formula is C11H17ClN2. The molecule has 1 N–H and O–H groups in total. The summed E-state index contributed by atoms with van der Waals surface area (Å²) in [7, 11) is 0. The Hall–Kier alpha value is -0.760. The lowest BCUT2D eigenvalue weighted by Crippen LogP contribution is -2.18. The van der Waals surface area contributed by atoms with Gasteiger partial charge in [-0.05, 0) is 31.4 Å². The summed E-state index contributed by atoms with van der Waals surface area (Å²) in [6.07, 6.45) is 3.90. The Morgan fingerprint density at radius 1 is 1.43 bits per heavy atom. The fraction of sp³-hybridized carbons (Fsp3) is 0.545. The van der Waals surface area contributed by atoms with Crippen LogP contribution in [0.15, 0.2) is 12.3 Å². The lowest BCUT2D eigenvalue weighted by molar-refractivity contribution is 0.668. The second-order valence-electron chi connectivity index (χ2n) is 3.48. The normalized spacial score (nSPS) is 10.6. The van der Waals surface area contributed by atoms with Crippen molar-refractivity contribution < 1.29 is 0 Å². The number of aromatic nitrogens is 1. The van der Waals surface area contributed by atoms with Gasteiger partial charge >= 0.3 is 0 Å². The standard InChI is InChI=1S/C11H17ClN2/c1-4-10(5-2)14-11-8(3)6-9(12)7-13-11/h6-7,10H,4-5H2,1-3H3,(H,13,14). The van der Waals surface area contributed by atoms with Crippen LogP contribution in [0.25, 0.3) is 0 Å². The number of pyridine rings is 1. The second kappa shape index (κ2) is 5.20. The van der Waals surface area contributed by atoms with Gasteiger partial charge in [-0.1, -0.05) is 25.4 Å².